The molecule has 0 unspecified atom stereocenters. The van der Waals surface area contributed by atoms with Gasteiger partial charge in [-0.25, -0.2) is 0 Å². The van der Waals surface area contributed by atoms with Crippen molar-refractivity contribution in [2.75, 3.05) is 0 Å². The Kier molecular flexibility index (Phi) is 12.1. The second-order valence-corrected chi connectivity index (χ2v) is 16.0. The van der Waals surface area contributed by atoms with Crippen LogP contribution in [-0.2, 0) is 68.5 Å². The minimum absolute atomic E-state index is 0.00756. The van der Waals surface area contributed by atoms with Gasteiger partial charge in [-0.1, -0.05) is 72.8 Å². The van der Waals surface area contributed by atoms with Gasteiger partial charge in [0.2, 0.25) is 12.4 Å². The van der Waals surface area contributed by atoms with Crippen LogP contribution in [0.1, 0.15) is 54.9 Å². The number of rotatable bonds is 16. The highest BCUT2D eigenvalue weighted by Gasteiger charge is 2.52. The second kappa shape index (κ2) is 18.5. The van der Waals surface area contributed by atoms with Gasteiger partial charge < -0.3 is 43.6 Å². The van der Waals surface area contributed by atoms with Gasteiger partial charge in [-0.2, -0.15) is 0 Å². The van der Waals surface area contributed by atoms with Crippen LogP contribution >= 0.6 is 0 Å². The molecule has 4 aromatic carbocycles. The summed E-state index contributed by atoms with van der Waals surface area (Å²) >= 11 is 0. The number of H-pyrrole nitrogens is 4. The number of carbonyl (C=O) groups is 4. The number of benzene rings is 4. The fourth-order valence-electron chi connectivity index (χ4n) is 8.61. The van der Waals surface area contributed by atoms with Crippen molar-refractivity contribution in [3.05, 3.63) is 144 Å². The summed E-state index contributed by atoms with van der Waals surface area (Å²) in [4.78, 5) is 68.1. The van der Waals surface area contributed by atoms with Gasteiger partial charge in [-0.05, 0) is 79.1 Å². The molecule has 1 saturated heterocycles. The molecule has 1 fully saturated rings. The first-order valence-electron chi connectivity index (χ1n) is 21.4. The minimum atomic E-state index is -1.49. The van der Waals surface area contributed by atoms with Crippen LogP contribution in [0.5, 0.6) is 0 Å². The quantitative estimate of drug-likeness (QED) is 0.0549. The summed E-state index contributed by atoms with van der Waals surface area (Å²) in [6, 6.07) is 31.2. The number of hydrogen-bond acceptors (Lipinski definition) is 9. The SMILES string of the molecule is C[C@@H]1O[C@H](OC(=O)CCc2c[nH]c3ccccc23)[C@@H](OC(=O)CCc2c[nH]c3ccccc23)[C@H](OC(=O)CCc2c[nH]c3ccccc23)[C@@H]1OC(=O)CCc1c[nH]c2ccccc12. The van der Waals surface area contributed by atoms with Gasteiger partial charge >= 0.3 is 23.9 Å². The summed E-state index contributed by atoms with van der Waals surface area (Å²) in [6.45, 7) is 1.65. The normalized spacial score (nSPS) is 18.8. The van der Waals surface area contributed by atoms with E-state index in [9.17, 15) is 19.2 Å². The predicted octanol–water partition coefficient (Wildman–Crippen LogP) is 8.47. The van der Waals surface area contributed by atoms with Gasteiger partial charge in [0.1, 0.15) is 0 Å². The van der Waals surface area contributed by atoms with Crippen LogP contribution in [0.2, 0.25) is 0 Å². The number of aromatic amines is 4. The standard InChI is InChI=1S/C50H48N4O9/c1-30-47(60-43(55)22-18-31-26-51-39-14-6-2-10-35(31)39)48(61-44(56)23-19-32-27-52-40-15-7-3-11-36(32)40)49(62-45(57)24-20-33-28-53-41-16-8-4-12-37(33)41)50(59-30)63-46(58)25-21-34-29-54-42-17-9-5-13-38(34)42/h2-17,26-30,47-54H,18-25H2,1H3/t30-,47+,48+,49-,50+/m0/s1. The lowest BCUT2D eigenvalue weighted by molar-refractivity contribution is -0.294. The van der Waals surface area contributed by atoms with Gasteiger partial charge in [-0.15, -0.1) is 0 Å². The Hall–Kier alpha value is -7.12. The molecule has 0 amide bonds. The van der Waals surface area contributed by atoms with Crippen LogP contribution in [0.25, 0.3) is 43.6 Å². The zero-order valence-corrected chi connectivity index (χ0v) is 34.8. The van der Waals surface area contributed by atoms with Gasteiger partial charge in [-0.3, -0.25) is 19.2 Å². The molecule has 1 aliphatic heterocycles. The molecule has 5 heterocycles. The maximum Gasteiger partial charge on any atom is 0.308 e. The van der Waals surface area contributed by atoms with Gasteiger partial charge in [0.25, 0.3) is 0 Å². The third-order valence-electron chi connectivity index (χ3n) is 11.9. The van der Waals surface area contributed by atoms with E-state index in [0.29, 0.717) is 25.7 Å². The van der Waals surface area contributed by atoms with Gasteiger partial charge in [0.05, 0.1) is 6.10 Å². The second-order valence-electron chi connectivity index (χ2n) is 16.0. The van der Waals surface area contributed by atoms with E-state index >= 15 is 0 Å². The number of ether oxygens (including phenoxy) is 5. The Morgan fingerprint density at radius 2 is 0.730 bits per heavy atom. The molecule has 13 heteroatoms. The number of aryl methyl sites for hydroxylation is 4. The highest BCUT2D eigenvalue weighted by Crippen LogP contribution is 2.32. The summed E-state index contributed by atoms with van der Waals surface area (Å²) in [5, 5.41) is 3.94. The number of nitrogens with one attached hydrogen (secondary N) is 4. The van der Waals surface area contributed by atoms with Crippen molar-refractivity contribution in [2.24, 2.45) is 0 Å². The maximum atomic E-state index is 13.9. The number of esters is 4. The molecule has 8 aromatic rings. The topological polar surface area (TPSA) is 178 Å². The largest absolute Gasteiger partial charge is 0.455 e. The highest BCUT2D eigenvalue weighted by atomic mass is 16.7. The molecule has 1 aliphatic rings. The number of aromatic nitrogens is 4. The van der Waals surface area contributed by atoms with E-state index in [1.54, 1.807) is 6.92 Å². The third-order valence-corrected chi connectivity index (χ3v) is 11.9. The first-order valence-corrected chi connectivity index (χ1v) is 21.4. The van der Waals surface area contributed by atoms with Crippen LogP contribution in [0.4, 0.5) is 0 Å². The van der Waals surface area contributed by atoms with E-state index in [2.05, 4.69) is 19.9 Å². The Morgan fingerprint density at radius 1 is 0.429 bits per heavy atom. The zero-order chi connectivity index (χ0) is 43.3. The highest BCUT2D eigenvalue weighted by molar-refractivity contribution is 5.86. The zero-order valence-electron chi connectivity index (χ0n) is 34.8. The summed E-state index contributed by atoms with van der Waals surface area (Å²) < 4.78 is 30.7. The van der Waals surface area contributed by atoms with E-state index in [-0.39, 0.29) is 25.7 Å². The van der Waals surface area contributed by atoms with Gasteiger partial charge in [0, 0.05) is 94.1 Å². The van der Waals surface area contributed by atoms with E-state index in [1.165, 1.54) is 0 Å². The molecule has 13 nitrogen and oxygen atoms in total. The van der Waals surface area contributed by atoms with Crippen molar-refractivity contribution >= 4 is 67.5 Å². The fraction of sp³-hybridized carbons (Fsp3) is 0.280. The predicted molar refractivity (Wildman–Crippen MR) is 237 cm³/mol. The van der Waals surface area contributed by atoms with Crippen molar-refractivity contribution in [1.82, 2.24) is 19.9 Å². The fourth-order valence-corrected chi connectivity index (χ4v) is 8.61. The van der Waals surface area contributed by atoms with Gasteiger partial charge in [0.15, 0.2) is 12.2 Å². The minimum Gasteiger partial charge on any atom is -0.455 e. The van der Waals surface area contributed by atoms with E-state index in [4.69, 9.17) is 23.7 Å². The maximum absolute atomic E-state index is 13.9. The summed E-state index contributed by atoms with van der Waals surface area (Å²) in [5.74, 6) is -2.45. The molecular formula is C50H48N4O9. The number of para-hydroxylation sites is 4. The Labute approximate surface area is 362 Å². The Balaban J connectivity index is 0.964. The molecule has 0 bridgehead atoms. The third kappa shape index (κ3) is 9.24. The van der Waals surface area contributed by atoms with Crippen molar-refractivity contribution in [1.29, 1.82) is 0 Å². The Bertz CT molecular complexity index is 2900. The molecule has 9 rings (SSSR count). The molecule has 0 radical (unpaired) electrons. The molecule has 4 N–H and O–H groups in total. The average molecular weight is 849 g/mol. The van der Waals surface area contributed by atoms with E-state index in [0.717, 1.165) is 65.9 Å². The van der Waals surface area contributed by atoms with Crippen molar-refractivity contribution < 1.29 is 42.9 Å². The molecule has 0 saturated carbocycles. The van der Waals surface area contributed by atoms with E-state index < -0.39 is 54.6 Å². The molecular weight excluding hydrogens is 801 g/mol. The molecule has 4 aromatic heterocycles. The first-order chi connectivity index (χ1) is 30.8. The van der Waals surface area contributed by atoms with Crippen LogP contribution in [-0.4, -0.2) is 74.5 Å². The average Bonchev–Trinajstić information content (AvgIpc) is 4.11. The lowest BCUT2D eigenvalue weighted by atomic mass is 9.98. The Morgan fingerprint density at radius 3 is 1.10 bits per heavy atom. The lowest BCUT2D eigenvalue weighted by Gasteiger charge is -2.43. The molecule has 0 spiro atoms. The molecule has 5 atom stereocenters. The van der Waals surface area contributed by atoms with Crippen molar-refractivity contribution in [2.45, 2.75) is 89.0 Å². The van der Waals surface area contributed by atoms with Crippen molar-refractivity contribution in [3.8, 4) is 0 Å². The number of fused-ring (bicyclic) bond motifs is 4. The summed E-state index contributed by atoms with van der Waals surface area (Å²) in [7, 11) is 0. The summed E-state index contributed by atoms with van der Waals surface area (Å²) in [5.41, 5.74) is 7.48. The first kappa shape index (κ1) is 41.2. The number of hydrogen-bond donors (Lipinski definition) is 4. The smallest absolute Gasteiger partial charge is 0.308 e. The van der Waals surface area contributed by atoms with Crippen molar-refractivity contribution in [3.63, 3.8) is 0 Å². The molecule has 63 heavy (non-hydrogen) atoms. The van der Waals surface area contributed by atoms with Crippen LogP contribution in [0.15, 0.2) is 122 Å². The lowest BCUT2D eigenvalue weighted by Crippen LogP contribution is -2.61. The monoisotopic (exact) mass is 848 g/mol. The molecule has 322 valence electrons. The number of carbonyl (C=O) groups excluding carboxylic acids is 4. The van der Waals surface area contributed by atoms with Crippen LogP contribution < -0.4 is 0 Å². The van der Waals surface area contributed by atoms with E-state index in [1.807, 2.05) is 122 Å². The summed E-state index contributed by atoms with van der Waals surface area (Å²) in [6.07, 6.45) is 2.26. The van der Waals surface area contributed by atoms with Crippen LogP contribution in [0.3, 0.4) is 0 Å². The van der Waals surface area contributed by atoms with Crippen LogP contribution in [0, 0.1) is 0 Å². The molecule has 0 aliphatic carbocycles.